The van der Waals surface area contributed by atoms with E-state index in [2.05, 4.69) is 16.5 Å². The first-order valence-electron chi connectivity index (χ1n) is 8.01. The number of carbonyl (C=O) groups excluding carboxylic acids is 1. The van der Waals surface area contributed by atoms with Crippen LogP contribution in [0.1, 0.15) is 37.8 Å². The van der Waals surface area contributed by atoms with Crippen LogP contribution in [0.4, 0.5) is 5.82 Å². The summed E-state index contributed by atoms with van der Waals surface area (Å²) in [6.07, 6.45) is 8.99. The van der Waals surface area contributed by atoms with Gasteiger partial charge in [0, 0.05) is 17.4 Å². The largest absolute Gasteiger partial charge is 0.287 e. The van der Waals surface area contributed by atoms with E-state index in [0.29, 0.717) is 17.3 Å². The molecule has 1 aliphatic rings. The first-order valence-corrected chi connectivity index (χ1v) is 8.39. The standard InChI is InChI=1S/C19H20ClN3O/c1-3-9-19(2)10-8-16(14-4-6-15(20)7-5-14)23(18(19)24)17-13-21-11-12-22-17/h3-7,11-13,16H,1,8-10H2,2H3/t16?,19-/m0/s1. The van der Waals surface area contributed by atoms with Gasteiger partial charge in [-0.25, -0.2) is 4.98 Å². The van der Waals surface area contributed by atoms with Crippen LogP contribution >= 0.6 is 11.6 Å². The molecule has 1 unspecified atom stereocenters. The van der Waals surface area contributed by atoms with Crippen molar-refractivity contribution in [3.8, 4) is 0 Å². The number of piperidine rings is 1. The van der Waals surface area contributed by atoms with Gasteiger partial charge in [-0.3, -0.25) is 14.7 Å². The van der Waals surface area contributed by atoms with Crippen LogP contribution in [-0.4, -0.2) is 15.9 Å². The molecule has 0 N–H and O–H groups in total. The van der Waals surface area contributed by atoms with Crippen LogP contribution in [0, 0.1) is 5.41 Å². The van der Waals surface area contributed by atoms with Crippen molar-refractivity contribution >= 4 is 23.3 Å². The van der Waals surface area contributed by atoms with E-state index in [4.69, 9.17) is 11.6 Å². The molecule has 2 atom stereocenters. The molecule has 0 bridgehead atoms. The average molecular weight is 342 g/mol. The Balaban J connectivity index is 2.03. The molecule has 2 heterocycles. The topological polar surface area (TPSA) is 46.1 Å². The number of nitrogens with zero attached hydrogens (tertiary/aromatic N) is 3. The van der Waals surface area contributed by atoms with E-state index in [1.54, 1.807) is 23.5 Å². The molecule has 0 saturated carbocycles. The van der Waals surface area contributed by atoms with Gasteiger partial charge < -0.3 is 0 Å². The molecular weight excluding hydrogens is 322 g/mol. The maximum Gasteiger partial charge on any atom is 0.235 e. The number of hydrogen-bond donors (Lipinski definition) is 0. The van der Waals surface area contributed by atoms with Crippen LogP contribution in [0.2, 0.25) is 5.02 Å². The highest BCUT2D eigenvalue weighted by Gasteiger charge is 2.44. The van der Waals surface area contributed by atoms with Gasteiger partial charge in [-0.1, -0.05) is 36.7 Å². The van der Waals surface area contributed by atoms with Gasteiger partial charge in [0.05, 0.1) is 17.7 Å². The summed E-state index contributed by atoms with van der Waals surface area (Å²) < 4.78 is 0. The van der Waals surface area contributed by atoms with E-state index in [0.717, 1.165) is 18.4 Å². The van der Waals surface area contributed by atoms with Crippen molar-refractivity contribution in [3.05, 3.63) is 66.1 Å². The molecule has 1 aromatic heterocycles. The molecular formula is C19H20ClN3O. The molecule has 0 radical (unpaired) electrons. The maximum atomic E-state index is 13.3. The van der Waals surface area contributed by atoms with Crippen molar-refractivity contribution in [2.75, 3.05) is 4.90 Å². The smallest absolute Gasteiger partial charge is 0.235 e. The van der Waals surface area contributed by atoms with E-state index < -0.39 is 5.41 Å². The van der Waals surface area contributed by atoms with E-state index in [1.165, 1.54) is 0 Å². The molecule has 1 amide bonds. The van der Waals surface area contributed by atoms with E-state index in [9.17, 15) is 4.79 Å². The number of anilines is 1. The van der Waals surface area contributed by atoms with Crippen LogP contribution in [0.3, 0.4) is 0 Å². The molecule has 3 rings (SSSR count). The number of aromatic nitrogens is 2. The SMILES string of the molecule is C=CC[C@@]1(C)CCC(c2ccc(Cl)cc2)N(c2cnccn2)C1=O. The monoisotopic (exact) mass is 341 g/mol. The van der Waals surface area contributed by atoms with Crippen molar-refractivity contribution in [2.24, 2.45) is 5.41 Å². The highest BCUT2D eigenvalue weighted by atomic mass is 35.5. The number of carbonyl (C=O) groups is 1. The Bertz CT molecular complexity index is 732. The highest BCUT2D eigenvalue weighted by Crippen LogP contribution is 2.44. The van der Waals surface area contributed by atoms with Crippen molar-refractivity contribution in [1.29, 1.82) is 0 Å². The summed E-state index contributed by atoms with van der Waals surface area (Å²) in [5, 5.41) is 0.684. The molecule has 1 saturated heterocycles. The summed E-state index contributed by atoms with van der Waals surface area (Å²) in [5.74, 6) is 0.645. The van der Waals surface area contributed by atoms with Crippen molar-refractivity contribution in [1.82, 2.24) is 9.97 Å². The van der Waals surface area contributed by atoms with Gasteiger partial charge in [-0.2, -0.15) is 0 Å². The zero-order chi connectivity index (χ0) is 17.2. The molecule has 1 aromatic carbocycles. The third-order valence-electron chi connectivity index (χ3n) is 4.66. The van der Waals surface area contributed by atoms with E-state index >= 15 is 0 Å². The summed E-state index contributed by atoms with van der Waals surface area (Å²) in [4.78, 5) is 23.5. The van der Waals surface area contributed by atoms with E-state index in [-0.39, 0.29) is 11.9 Å². The maximum absolute atomic E-state index is 13.3. The molecule has 5 heteroatoms. The quantitative estimate of drug-likeness (QED) is 0.764. The molecule has 0 spiro atoms. The Morgan fingerprint density at radius 3 is 2.75 bits per heavy atom. The van der Waals surface area contributed by atoms with Crippen LogP contribution in [0.25, 0.3) is 0 Å². The van der Waals surface area contributed by atoms with Gasteiger partial charge in [-0.05, 0) is 37.0 Å². The van der Waals surface area contributed by atoms with Gasteiger partial charge in [0.1, 0.15) is 0 Å². The molecule has 1 fully saturated rings. The first-order chi connectivity index (χ1) is 11.5. The zero-order valence-corrected chi connectivity index (χ0v) is 14.4. The lowest BCUT2D eigenvalue weighted by Gasteiger charge is -2.43. The van der Waals surface area contributed by atoms with Crippen LogP contribution in [-0.2, 0) is 4.79 Å². The fraction of sp³-hybridized carbons (Fsp3) is 0.316. The van der Waals surface area contributed by atoms with Gasteiger partial charge in [0.25, 0.3) is 0 Å². The van der Waals surface area contributed by atoms with Crippen LogP contribution in [0.5, 0.6) is 0 Å². The average Bonchev–Trinajstić information content (AvgIpc) is 2.59. The Hall–Kier alpha value is -2.20. The second kappa shape index (κ2) is 6.73. The molecule has 124 valence electrons. The summed E-state index contributed by atoms with van der Waals surface area (Å²) in [6, 6.07) is 7.59. The molecule has 2 aromatic rings. The zero-order valence-electron chi connectivity index (χ0n) is 13.7. The second-order valence-corrected chi connectivity index (χ2v) is 6.83. The Morgan fingerprint density at radius 1 is 1.38 bits per heavy atom. The van der Waals surface area contributed by atoms with Gasteiger partial charge in [0.2, 0.25) is 5.91 Å². The number of benzene rings is 1. The predicted octanol–water partition coefficient (Wildman–Crippen LogP) is 4.58. The Labute approximate surface area is 147 Å². The minimum Gasteiger partial charge on any atom is -0.287 e. The normalized spacial score (nSPS) is 24.0. The fourth-order valence-electron chi connectivity index (χ4n) is 3.31. The number of rotatable bonds is 4. The highest BCUT2D eigenvalue weighted by molar-refractivity contribution is 6.30. The second-order valence-electron chi connectivity index (χ2n) is 6.40. The molecule has 24 heavy (non-hydrogen) atoms. The number of amides is 1. The molecule has 1 aliphatic heterocycles. The van der Waals surface area contributed by atoms with E-state index in [1.807, 2.05) is 37.3 Å². The number of halogens is 1. The first kappa shape index (κ1) is 16.7. The Kier molecular flexibility index (Phi) is 4.67. The Morgan fingerprint density at radius 2 is 2.12 bits per heavy atom. The van der Waals surface area contributed by atoms with Gasteiger partial charge in [0.15, 0.2) is 5.82 Å². The van der Waals surface area contributed by atoms with Crippen LogP contribution < -0.4 is 4.90 Å². The summed E-state index contributed by atoms with van der Waals surface area (Å²) in [5.41, 5.74) is 0.599. The predicted molar refractivity (Wildman–Crippen MR) is 95.9 cm³/mol. The number of allylic oxidation sites excluding steroid dienone is 1. The number of hydrogen-bond acceptors (Lipinski definition) is 3. The molecule has 0 aliphatic carbocycles. The fourth-order valence-corrected chi connectivity index (χ4v) is 3.44. The van der Waals surface area contributed by atoms with Crippen molar-refractivity contribution < 1.29 is 4.79 Å². The minimum absolute atomic E-state index is 0.0640. The van der Waals surface area contributed by atoms with Gasteiger partial charge >= 0.3 is 0 Å². The van der Waals surface area contributed by atoms with Crippen molar-refractivity contribution in [3.63, 3.8) is 0 Å². The summed E-state index contributed by atoms with van der Waals surface area (Å²) >= 11 is 6.01. The molecule has 4 nitrogen and oxygen atoms in total. The summed E-state index contributed by atoms with van der Waals surface area (Å²) in [7, 11) is 0. The van der Waals surface area contributed by atoms with Crippen LogP contribution in [0.15, 0.2) is 55.5 Å². The lowest BCUT2D eigenvalue weighted by atomic mass is 9.75. The third-order valence-corrected chi connectivity index (χ3v) is 4.91. The van der Waals surface area contributed by atoms with Gasteiger partial charge in [-0.15, -0.1) is 6.58 Å². The third kappa shape index (κ3) is 3.06. The summed E-state index contributed by atoms with van der Waals surface area (Å²) in [6.45, 7) is 5.80. The lowest BCUT2D eigenvalue weighted by molar-refractivity contribution is -0.130. The van der Waals surface area contributed by atoms with Crippen molar-refractivity contribution in [2.45, 2.75) is 32.2 Å². The minimum atomic E-state index is -0.456. The lowest BCUT2D eigenvalue weighted by Crippen LogP contribution is -2.49.